The summed E-state index contributed by atoms with van der Waals surface area (Å²) in [5.41, 5.74) is -0.479. The molecule has 1 aliphatic carbocycles. The van der Waals surface area contributed by atoms with Crippen LogP contribution in [0.5, 0.6) is 23.0 Å². The molecular weight excluding hydrogens is 869 g/mol. The molecule has 0 saturated heterocycles. The van der Waals surface area contributed by atoms with E-state index in [1.165, 1.54) is 53.0 Å². The third-order valence-corrected chi connectivity index (χ3v) is 13.5. The second-order valence-corrected chi connectivity index (χ2v) is 18.2. The first-order valence-electron chi connectivity index (χ1n) is 21.2. The number of fused-ring (bicyclic) bond motifs is 14. The van der Waals surface area contributed by atoms with Gasteiger partial charge in [-0.3, -0.25) is 19.2 Å². The highest BCUT2D eigenvalue weighted by Gasteiger charge is 2.50. The predicted octanol–water partition coefficient (Wildman–Crippen LogP) is 3.38. The summed E-state index contributed by atoms with van der Waals surface area (Å²) in [5, 5.41) is 93.1. The van der Waals surface area contributed by atoms with Gasteiger partial charge in [-0.05, 0) is 26.0 Å². The third kappa shape index (κ3) is 10.3. The number of amides is 2. The number of ether oxygens (including phenoxy) is 4. The maximum atomic E-state index is 14.5. The van der Waals surface area contributed by atoms with Crippen LogP contribution in [0.15, 0.2) is 52.7 Å². The van der Waals surface area contributed by atoms with E-state index in [1.54, 1.807) is 33.8 Å². The van der Waals surface area contributed by atoms with E-state index in [0.717, 1.165) is 24.1 Å². The zero-order valence-electron chi connectivity index (χ0n) is 37.7. The number of esters is 1. The molecule has 10 N–H and O–H groups in total. The van der Waals surface area contributed by atoms with Gasteiger partial charge in [-0.1, -0.05) is 45.9 Å². The van der Waals surface area contributed by atoms with Crippen LogP contribution < -0.4 is 15.4 Å². The number of aromatic hydroxyl groups is 3. The number of hydrogen-bond acceptors (Lipinski definition) is 17. The van der Waals surface area contributed by atoms with E-state index in [9.17, 15) is 60.0 Å². The number of allylic oxidation sites excluding steroid dienone is 2. The van der Waals surface area contributed by atoms with Gasteiger partial charge in [0, 0.05) is 85.4 Å². The van der Waals surface area contributed by atoms with Crippen LogP contribution in [0.4, 0.5) is 5.69 Å². The third-order valence-electron chi connectivity index (χ3n) is 12.4. The number of Topliss-reactive ketones (excluding diaryl/α,β-unsaturated/α-hetero) is 1. The van der Waals surface area contributed by atoms with E-state index in [-0.39, 0.29) is 68.1 Å². The van der Waals surface area contributed by atoms with Gasteiger partial charge in [-0.25, -0.2) is 0 Å². The van der Waals surface area contributed by atoms with Gasteiger partial charge in [-0.2, -0.15) is 0 Å². The Hall–Kier alpha value is -5.15. The fourth-order valence-electron chi connectivity index (χ4n) is 8.38. The van der Waals surface area contributed by atoms with Crippen molar-refractivity contribution in [1.29, 1.82) is 0 Å². The minimum atomic E-state index is -2.12. The van der Waals surface area contributed by atoms with Crippen LogP contribution in [0.1, 0.15) is 70.8 Å². The monoisotopic (exact) mass is 928 g/mol. The Balaban J connectivity index is 1.62. The normalized spacial score (nSPS) is 32.5. The van der Waals surface area contributed by atoms with Crippen LogP contribution in [0.3, 0.4) is 0 Å². The van der Waals surface area contributed by atoms with E-state index in [0.29, 0.717) is 0 Å². The molecule has 0 unspecified atom stereocenters. The minimum Gasteiger partial charge on any atom is -0.507 e. The van der Waals surface area contributed by atoms with Crippen molar-refractivity contribution in [1.82, 2.24) is 5.32 Å². The average Bonchev–Trinajstić information content (AvgIpc) is 3.52. The second-order valence-electron chi connectivity index (χ2n) is 17.1. The van der Waals surface area contributed by atoms with Crippen molar-refractivity contribution in [2.75, 3.05) is 24.7 Å². The van der Waals surface area contributed by atoms with Crippen molar-refractivity contribution in [3.05, 3.63) is 58.9 Å². The number of phenols is 3. The number of anilines is 1. The van der Waals surface area contributed by atoms with Crippen LogP contribution in [0, 0.1) is 30.6 Å². The first-order valence-corrected chi connectivity index (χ1v) is 22.2. The summed E-state index contributed by atoms with van der Waals surface area (Å²) in [4.78, 5) is 53.4. The number of carbonyl (C=O) groups is 4. The maximum absolute atomic E-state index is 14.5. The molecule has 0 radical (unpaired) electrons. The van der Waals surface area contributed by atoms with E-state index in [1.807, 2.05) is 0 Å². The molecule has 5 bridgehead atoms. The van der Waals surface area contributed by atoms with Crippen LogP contribution >= 0.6 is 11.8 Å². The number of carbonyl (C=O) groups excluding carboxylic acids is 4. The molecule has 2 amide bonds. The summed E-state index contributed by atoms with van der Waals surface area (Å²) in [5.74, 6) is -9.75. The van der Waals surface area contributed by atoms with Crippen molar-refractivity contribution < 1.29 is 79.0 Å². The lowest BCUT2D eigenvalue weighted by atomic mass is 9.78. The van der Waals surface area contributed by atoms with Crippen molar-refractivity contribution in [2.45, 2.75) is 115 Å². The predicted molar refractivity (Wildman–Crippen MR) is 238 cm³/mol. The number of ketones is 1. The number of nitrogens with one attached hydrogen (secondary N) is 2. The summed E-state index contributed by atoms with van der Waals surface area (Å²) in [6.07, 6.45) is -0.235. The van der Waals surface area contributed by atoms with E-state index in [2.05, 4.69) is 10.6 Å². The average molecular weight is 929 g/mol. The quantitative estimate of drug-likeness (QED) is 0.0626. The fraction of sp³-hybridized carbons (Fsp3) is 0.522. The number of hydrogen-bond donors (Lipinski definition) is 10. The standard InChI is InChI=1S/C46H60N2O16S/c1-19-11-10-12-20(2)44(59)48-33-38(56)31-30(39(57)42(33)65-16-14-47-45(60)26-17-27(50)37(55)28(51)18-26)32-41(24(6)36(31)54)64-46(8,43(32)58)62-15-13-29(61-9)21(3)40(63-25(7)49)23(5)35(53)22(4)34(19)52/h10-13,15,17,19,21-23,27-29,34-35,37,40,50-57H,14,16,18H2,1-9H3,(H,47,60)(H,48,59)/b11-10-,15-13?,20-12-/t19-,21+,22+,23+,27+,28+,29-,34-,35+,37+,40+,46-/m0/s1. The molecule has 356 valence electrons. The largest absolute Gasteiger partial charge is 0.507 e. The lowest BCUT2D eigenvalue weighted by Gasteiger charge is -2.38. The Labute approximate surface area is 380 Å². The Morgan fingerprint density at radius 2 is 1.60 bits per heavy atom. The smallest absolute Gasteiger partial charge is 0.312 e. The highest BCUT2D eigenvalue weighted by Crippen LogP contribution is 2.57. The molecule has 65 heavy (non-hydrogen) atoms. The topological polar surface area (TPSA) is 291 Å². The van der Waals surface area contributed by atoms with Gasteiger partial charge in [0.05, 0.1) is 46.5 Å². The van der Waals surface area contributed by atoms with Crippen molar-refractivity contribution in [3.63, 3.8) is 0 Å². The highest BCUT2D eigenvalue weighted by molar-refractivity contribution is 7.99. The molecule has 0 fully saturated rings. The van der Waals surface area contributed by atoms with Gasteiger partial charge < -0.3 is 70.4 Å². The van der Waals surface area contributed by atoms with Gasteiger partial charge in [0.25, 0.3) is 11.7 Å². The van der Waals surface area contributed by atoms with Gasteiger partial charge >= 0.3 is 11.8 Å². The minimum absolute atomic E-state index is 0.00977. The number of thioether (sulfide) groups is 1. The summed E-state index contributed by atoms with van der Waals surface area (Å²) in [6.45, 7) is 12.1. The molecule has 12 atom stereocenters. The van der Waals surface area contributed by atoms with E-state index >= 15 is 0 Å². The molecule has 2 aromatic rings. The molecule has 18 nitrogen and oxygen atoms in total. The van der Waals surface area contributed by atoms with Gasteiger partial charge in [0.1, 0.15) is 41.2 Å². The number of methoxy groups -OCH3 is 1. The molecule has 0 aromatic heterocycles. The molecule has 4 aliphatic rings. The van der Waals surface area contributed by atoms with Gasteiger partial charge in [0.2, 0.25) is 5.91 Å². The van der Waals surface area contributed by atoms with Crippen molar-refractivity contribution in [3.8, 4) is 23.0 Å². The summed E-state index contributed by atoms with van der Waals surface area (Å²) < 4.78 is 23.5. The molecule has 3 heterocycles. The number of phenolic OH excluding ortho intramolecular Hbond substituents is 3. The van der Waals surface area contributed by atoms with Crippen LogP contribution in [-0.4, -0.2) is 132 Å². The molecule has 0 spiro atoms. The number of aliphatic hydroxyl groups is 5. The Morgan fingerprint density at radius 1 is 0.923 bits per heavy atom. The molecule has 6 rings (SSSR count). The van der Waals surface area contributed by atoms with Gasteiger partial charge in [0.15, 0.2) is 5.75 Å². The van der Waals surface area contributed by atoms with Gasteiger partial charge in [-0.15, -0.1) is 11.8 Å². The Bertz CT molecular complexity index is 2310. The Kier molecular flexibility index (Phi) is 16.1. The fourth-order valence-corrected chi connectivity index (χ4v) is 9.32. The SMILES string of the molecule is CO[C@H]1C=CO[C@@]2(C)Oc3c(C)c(O)c4c(O)c(c(SCCNC(=O)C5=C[C@@H](O)[C@@H](O)[C@H](O)C5)c(O)c4c3C2=O)NC(=O)/C(C)=C\C=C/[C@H](C)[C@H](O)[C@@H](C)[C@@H](O)[C@@H](C)[C@H](OC(C)=O)[C@@H]1C. The first kappa shape index (κ1) is 50.8. The maximum Gasteiger partial charge on any atom is 0.312 e. The second kappa shape index (κ2) is 20.6. The lowest BCUT2D eigenvalue weighted by molar-refractivity contribution is -0.160. The molecule has 19 heteroatoms. The van der Waals surface area contributed by atoms with Crippen LogP contribution in [0.25, 0.3) is 10.8 Å². The molecule has 0 saturated carbocycles. The van der Waals surface area contributed by atoms with E-state index < -0.39 is 113 Å². The first-order chi connectivity index (χ1) is 30.5. The number of rotatable bonds is 7. The van der Waals surface area contributed by atoms with Crippen molar-refractivity contribution in [2.24, 2.45) is 23.7 Å². The van der Waals surface area contributed by atoms with E-state index in [4.69, 9.17) is 18.9 Å². The summed E-state index contributed by atoms with van der Waals surface area (Å²) in [7, 11) is 1.41. The summed E-state index contributed by atoms with van der Waals surface area (Å²) >= 11 is 0.864. The molecule has 2 aromatic carbocycles. The van der Waals surface area contributed by atoms with Crippen LogP contribution in [0.2, 0.25) is 0 Å². The summed E-state index contributed by atoms with van der Waals surface area (Å²) in [6, 6.07) is 0. The highest BCUT2D eigenvalue weighted by atomic mass is 32.2. The zero-order chi connectivity index (χ0) is 48.4. The molecule has 3 aliphatic heterocycles. The van der Waals surface area contributed by atoms with Crippen LogP contribution in [-0.2, 0) is 28.6 Å². The molecular formula is C46H60N2O16S. The van der Waals surface area contributed by atoms with Crippen molar-refractivity contribution >= 4 is 51.8 Å². The zero-order valence-corrected chi connectivity index (χ0v) is 38.5. The Morgan fingerprint density at radius 3 is 2.23 bits per heavy atom. The number of aliphatic hydroxyl groups excluding tert-OH is 5. The lowest BCUT2D eigenvalue weighted by Crippen LogP contribution is -2.46. The number of benzene rings is 2.